The lowest BCUT2D eigenvalue weighted by Gasteiger charge is -2.06. The highest BCUT2D eigenvalue weighted by molar-refractivity contribution is 5.73. The number of carbonyl (C=O) groups excluding carboxylic acids is 1. The summed E-state index contributed by atoms with van der Waals surface area (Å²) >= 11 is 0. The number of nitrogens with zero attached hydrogens (tertiary/aromatic N) is 3. The van der Waals surface area contributed by atoms with Gasteiger partial charge in [-0.25, -0.2) is 9.67 Å². The molecule has 0 saturated carbocycles. The summed E-state index contributed by atoms with van der Waals surface area (Å²) in [5.41, 5.74) is 5.33. The molecule has 1 amide bonds. The Morgan fingerprint density at radius 2 is 2.10 bits per heavy atom. The van der Waals surface area contributed by atoms with Crippen LogP contribution in [-0.4, -0.2) is 27.3 Å². The van der Waals surface area contributed by atoms with Gasteiger partial charge in [-0.2, -0.15) is 13.9 Å². The Labute approximate surface area is 117 Å². The van der Waals surface area contributed by atoms with Gasteiger partial charge in [0.25, 0.3) is 5.56 Å². The van der Waals surface area contributed by atoms with E-state index in [1.165, 1.54) is 30.5 Å². The molecule has 0 aliphatic heterocycles. The summed E-state index contributed by atoms with van der Waals surface area (Å²) in [7, 11) is 0. The van der Waals surface area contributed by atoms with Gasteiger partial charge in [0.05, 0.1) is 5.69 Å². The first-order chi connectivity index (χ1) is 9.95. The Kier molecular flexibility index (Phi) is 4.21. The van der Waals surface area contributed by atoms with Crippen molar-refractivity contribution in [2.75, 3.05) is 0 Å². The van der Waals surface area contributed by atoms with E-state index in [4.69, 9.17) is 5.73 Å². The Morgan fingerprint density at radius 3 is 2.67 bits per heavy atom. The van der Waals surface area contributed by atoms with Crippen molar-refractivity contribution in [1.82, 2.24) is 14.8 Å². The fourth-order valence-corrected chi connectivity index (χ4v) is 1.56. The molecule has 0 fully saturated rings. The van der Waals surface area contributed by atoms with Crippen LogP contribution in [0.2, 0.25) is 0 Å². The topological polar surface area (TPSA) is 100 Å². The molecule has 0 bridgehead atoms. The van der Waals surface area contributed by atoms with Crippen LogP contribution in [0, 0.1) is 0 Å². The molecule has 110 valence electrons. The van der Waals surface area contributed by atoms with Gasteiger partial charge in [0.15, 0.2) is 0 Å². The summed E-state index contributed by atoms with van der Waals surface area (Å²) in [6.45, 7) is -3.31. The number of aromatic nitrogens is 3. The predicted octanol–water partition coefficient (Wildman–Crippen LogP) is 0.392. The van der Waals surface area contributed by atoms with Crippen LogP contribution in [-0.2, 0) is 11.3 Å². The summed E-state index contributed by atoms with van der Waals surface area (Å²) in [6, 6.07) is 5.33. The number of primary amides is 1. The number of ether oxygens (including phenoxy) is 1. The molecular formula is C12H10F2N4O3. The zero-order valence-electron chi connectivity index (χ0n) is 10.6. The molecule has 2 N–H and O–H groups in total. The van der Waals surface area contributed by atoms with E-state index in [-0.39, 0.29) is 12.4 Å². The van der Waals surface area contributed by atoms with Crippen LogP contribution in [0.3, 0.4) is 0 Å². The number of carbonyl (C=O) groups is 1. The molecule has 7 nitrogen and oxygen atoms in total. The van der Waals surface area contributed by atoms with Gasteiger partial charge in [0.1, 0.15) is 6.54 Å². The van der Waals surface area contributed by atoms with E-state index in [0.717, 1.165) is 4.68 Å². The first-order valence-corrected chi connectivity index (χ1v) is 5.73. The molecule has 2 rings (SSSR count). The molecule has 0 atom stereocenters. The van der Waals surface area contributed by atoms with Crippen LogP contribution < -0.4 is 16.0 Å². The van der Waals surface area contributed by atoms with Crippen LogP contribution >= 0.6 is 0 Å². The van der Waals surface area contributed by atoms with Gasteiger partial charge in [-0.05, 0) is 12.1 Å². The minimum absolute atomic E-state index is 0.237. The number of pyridine rings is 1. The van der Waals surface area contributed by atoms with Gasteiger partial charge in [-0.15, -0.1) is 0 Å². The van der Waals surface area contributed by atoms with Gasteiger partial charge < -0.3 is 10.5 Å². The first kappa shape index (κ1) is 14.6. The molecule has 21 heavy (non-hydrogen) atoms. The molecule has 0 aliphatic rings. The molecule has 2 aromatic rings. The molecule has 0 spiro atoms. The standard InChI is InChI=1S/C12H10F2N4O3/c13-12(14)21-10-3-1-7(5-16-10)8-2-4-11(20)18(17-8)6-9(15)19/h1-5,12H,6H2,(H2,15,19). The van der Waals surface area contributed by atoms with Crippen molar-refractivity contribution in [2.45, 2.75) is 13.2 Å². The third-order valence-corrected chi connectivity index (χ3v) is 2.41. The highest BCUT2D eigenvalue weighted by atomic mass is 19.3. The predicted molar refractivity (Wildman–Crippen MR) is 67.6 cm³/mol. The molecular weight excluding hydrogens is 286 g/mol. The van der Waals surface area contributed by atoms with Crippen molar-refractivity contribution in [1.29, 1.82) is 0 Å². The van der Waals surface area contributed by atoms with Crippen LogP contribution in [0.15, 0.2) is 35.3 Å². The van der Waals surface area contributed by atoms with E-state index < -0.39 is 18.1 Å². The number of hydrogen-bond acceptors (Lipinski definition) is 5. The van der Waals surface area contributed by atoms with Crippen LogP contribution in [0.5, 0.6) is 5.88 Å². The monoisotopic (exact) mass is 296 g/mol. The maximum atomic E-state index is 12.0. The molecule has 0 aromatic carbocycles. The SMILES string of the molecule is NC(=O)Cn1nc(-c2ccc(OC(F)F)nc2)ccc1=O. The molecule has 0 radical (unpaired) electrons. The number of rotatable bonds is 5. The number of nitrogens with two attached hydrogens (primary N) is 1. The Morgan fingerprint density at radius 1 is 1.33 bits per heavy atom. The summed E-state index contributed by atoms with van der Waals surface area (Å²) in [4.78, 5) is 26.0. The van der Waals surface area contributed by atoms with Gasteiger partial charge in [-0.3, -0.25) is 9.59 Å². The van der Waals surface area contributed by atoms with E-state index in [1.54, 1.807) is 0 Å². The van der Waals surface area contributed by atoms with E-state index >= 15 is 0 Å². The highest BCUT2D eigenvalue weighted by Crippen LogP contribution is 2.18. The number of hydrogen-bond donors (Lipinski definition) is 1. The average molecular weight is 296 g/mol. The Bertz CT molecular complexity index is 700. The van der Waals surface area contributed by atoms with E-state index in [0.29, 0.717) is 11.3 Å². The highest BCUT2D eigenvalue weighted by Gasteiger charge is 2.08. The van der Waals surface area contributed by atoms with Crippen molar-refractivity contribution < 1.29 is 18.3 Å². The van der Waals surface area contributed by atoms with Crippen molar-refractivity contribution in [3.05, 3.63) is 40.8 Å². The fourth-order valence-electron chi connectivity index (χ4n) is 1.56. The summed E-state index contributed by atoms with van der Waals surface area (Å²) in [5, 5.41) is 3.95. The fraction of sp³-hybridized carbons (Fsp3) is 0.167. The van der Waals surface area contributed by atoms with Crippen LogP contribution in [0.25, 0.3) is 11.3 Å². The minimum atomic E-state index is -2.96. The zero-order valence-corrected chi connectivity index (χ0v) is 10.6. The van der Waals surface area contributed by atoms with Crippen molar-refractivity contribution in [3.63, 3.8) is 0 Å². The largest absolute Gasteiger partial charge is 0.417 e. The molecule has 2 aromatic heterocycles. The molecule has 0 saturated heterocycles. The molecule has 0 unspecified atom stereocenters. The number of halogens is 2. The normalized spacial score (nSPS) is 10.6. The first-order valence-electron chi connectivity index (χ1n) is 5.73. The second-order valence-corrected chi connectivity index (χ2v) is 3.94. The second kappa shape index (κ2) is 6.07. The van der Waals surface area contributed by atoms with Crippen LogP contribution in [0.4, 0.5) is 8.78 Å². The lowest BCUT2D eigenvalue weighted by atomic mass is 10.2. The summed E-state index contributed by atoms with van der Waals surface area (Å²) in [5.74, 6) is -0.945. The third-order valence-electron chi connectivity index (χ3n) is 2.41. The van der Waals surface area contributed by atoms with E-state index in [1.807, 2.05) is 0 Å². The maximum Gasteiger partial charge on any atom is 0.388 e. The zero-order chi connectivity index (χ0) is 15.4. The lowest BCUT2D eigenvalue weighted by molar-refractivity contribution is -0.118. The summed E-state index contributed by atoms with van der Waals surface area (Å²) < 4.78 is 29.0. The van der Waals surface area contributed by atoms with Crippen molar-refractivity contribution >= 4 is 5.91 Å². The van der Waals surface area contributed by atoms with Crippen LogP contribution in [0.1, 0.15) is 0 Å². The summed E-state index contributed by atoms with van der Waals surface area (Å²) in [6.07, 6.45) is 1.26. The Hall–Kier alpha value is -2.84. The molecule has 9 heteroatoms. The van der Waals surface area contributed by atoms with Gasteiger partial charge in [0, 0.05) is 23.9 Å². The van der Waals surface area contributed by atoms with Gasteiger partial charge in [0.2, 0.25) is 11.8 Å². The number of alkyl halides is 2. The average Bonchev–Trinajstić information content (AvgIpc) is 2.41. The molecule has 0 aliphatic carbocycles. The minimum Gasteiger partial charge on any atom is -0.417 e. The van der Waals surface area contributed by atoms with E-state index in [9.17, 15) is 18.4 Å². The van der Waals surface area contributed by atoms with E-state index in [2.05, 4.69) is 14.8 Å². The van der Waals surface area contributed by atoms with Crippen molar-refractivity contribution in [3.8, 4) is 17.1 Å². The van der Waals surface area contributed by atoms with Crippen molar-refractivity contribution in [2.24, 2.45) is 5.73 Å². The smallest absolute Gasteiger partial charge is 0.388 e. The third kappa shape index (κ3) is 3.81. The quantitative estimate of drug-likeness (QED) is 0.860. The molecule has 2 heterocycles. The maximum absolute atomic E-state index is 12.0. The van der Waals surface area contributed by atoms with Gasteiger partial charge in [-0.1, -0.05) is 0 Å². The Balaban J connectivity index is 2.29. The number of amides is 1. The van der Waals surface area contributed by atoms with Gasteiger partial charge >= 0.3 is 6.61 Å². The lowest BCUT2D eigenvalue weighted by Crippen LogP contribution is -2.29. The second-order valence-electron chi connectivity index (χ2n) is 3.94.